The molecule has 5 aromatic carbocycles. The zero-order valence-electron chi connectivity index (χ0n) is 26.3. The Kier molecular flexibility index (Phi) is 7.99. The smallest absolute Gasteiger partial charge is 0.156 e. The molecule has 0 saturated heterocycles. The highest BCUT2D eigenvalue weighted by atomic mass is 15.2. The Bertz CT molecular complexity index is 1810. The zero-order chi connectivity index (χ0) is 30.8. The minimum Gasteiger partial charge on any atom is -0.309 e. The van der Waals surface area contributed by atoms with E-state index in [1.54, 1.807) is 12.4 Å². The summed E-state index contributed by atoms with van der Waals surface area (Å²) in [6.45, 7) is 13.2. The maximum Gasteiger partial charge on any atom is 0.156 e. The van der Waals surface area contributed by atoms with Crippen molar-refractivity contribution in [2.24, 2.45) is 0 Å². The molecule has 0 saturated carbocycles. The van der Waals surface area contributed by atoms with Gasteiger partial charge >= 0.3 is 0 Å². The average Bonchev–Trinajstić information content (AvgIpc) is 3.01. The summed E-state index contributed by atoms with van der Waals surface area (Å²) in [4.78, 5) is 13.8. The highest BCUT2D eigenvalue weighted by molar-refractivity contribution is 5.89. The van der Waals surface area contributed by atoms with E-state index in [2.05, 4.69) is 153 Å². The van der Waals surface area contributed by atoms with Crippen molar-refractivity contribution in [1.29, 1.82) is 0 Å². The van der Waals surface area contributed by atoms with E-state index in [-0.39, 0.29) is 0 Å². The van der Waals surface area contributed by atoms with E-state index in [1.807, 2.05) is 12.3 Å². The van der Waals surface area contributed by atoms with Gasteiger partial charge in [-0.3, -0.25) is 9.88 Å². The molecular weight excluding hydrogens is 536 g/mol. The third-order valence-corrected chi connectivity index (χ3v) is 8.09. The summed E-state index contributed by atoms with van der Waals surface area (Å²) < 4.78 is 0. The zero-order valence-corrected chi connectivity index (χ0v) is 26.3. The lowest BCUT2D eigenvalue weighted by Gasteiger charge is -2.32. The van der Waals surface area contributed by atoms with E-state index in [9.17, 15) is 0 Å². The van der Waals surface area contributed by atoms with Gasteiger partial charge in [0.15, 0.2) is 5.82 Å². The van der Waals surface area contributed by atoms with Crippen LogP contribution < -0.4 is 9.80 Å². The number of anilines is 6. The Morgan fingerprint density at radius 2 is 1.00 bits per heavy atom. The maximum atomic E-state index is 4.74. The number of hydrogen-bond acceptors (Lipinski definition) is 4. The van der Waals surface area contributed by atoms with Gasteiger partial charge in [0.05, 0.1) is 23.3 Å². The first kappa shape index (κ1) is 28.9. The van der Waals surface area contributed by atoms with Gasteiger partial charge in [0.25, 0.3) is 0 Å². The number of aryl methyl sites for hydroxylation is 6. The lowest BCUT2D eigenvalue weighted by molar-refractivity contribution is 1.12. The molecule has 0 fully saturated rings. The van der Waals surface area contributed by atoms with Gasteiger partial charge in [0, 0.05) is 29.3 Å². The Hall–Kier alpha value is -5.22. The van der Waals surface area contributed by atoms with Crippen LogP contribution in [0.1, 0.15) is 33.4 Å². The quantitative estimate of drug-likeness (QED) is 0.190. The second kappa shape index (κ2) is 12.2. The molecule has 0 amide bonds. The molecule has 0 bridgehead atoms. The first-order valence-electron chi connectivity index (χ1n) is 15.1. The Morgan fingerprint density at radius 1 is 0.500 bits per heavy atom. The predicted octanol–water partition coefficient (Wildman–Crippen LogP) is 10.9. The molecule has 1 heterocycles. The van der Waals surface area contributed by atoms with E-state index in [0.29, 0.717) is 0 Å². The second-order valence-electron chi connectivity index (χ2n) is 11.6. The normalized spacial score (nSPS) is 11.0. The molecule has 0 aliphatic rings. The van der Waals surface area contributed by atoms with Gasteiger partial charge in [-0.25, -0.2) is 4.98 Å². The monoisotopic (exact) mass is 574 g/mol. The van der Waals surface area contributed by atoms with Gasteiger partial charge in [-0.1, -0.05) is 83.9 Å². The third-order valence-electron chi connectivity index (χ3n) is 8.09. The first-order chi connectivity index (χ1) is 21.3. The van der Waals surface area contributed by atoms with E-state index in [0.717, 1.165) is 34.0 Å². The van der Waals surface area contributed by atoms with Crippen molar-refractivity contribution in [3.63, 3.8) is 0 Å². The number of hydrogen-bond donors (Lipinski definition) is 0. The summed E-state index contributed by atoms with van der Waals surface area (Å²) >= 11 is 0. The molecule has 0 atom stereocenters. The minimum absolute atomic E-state index is 0.760. The number of para-hydroxylation sites is 1. The topological polar surface area (TPSA) is 32.3 Å². The molecule has 44 heavy (non-hydrogen) atoms. The molecular formula is C40H38N4. The molecule has 0 radical (unpaired) electrons. The van der Waals surface area contributed by atoms with Gasteiger partial charge in [0.2, 0.25) is 0 Å². The average molecular weight is 575 g/mol. The van der Waals surface area contributed by atoms with Crippen LogP contribution in [-0.2, 0) is 0 Å². The van der Waals surface area contributed by atoms with E-state index in [4.69, 9.17) is 4.98 Å². The SMILES string of the molecule is Cc1cc(C)c(N(c2ccc(N(c3cnccn3)c3ccccc3-c3ccccc3)cc2)c2c(C)cc(C)cc2C)c(C)c1. The van der Waals surface area contributed by atoms with E-state index >= 15 is 0 Å². The lowest BCUT2D eigenvalue weighted by atomic mass is 9.98. The largest absolute Gasteiger partial charge is 0.309 e. The molecule has 0 aliphatic heterocycles. The number of nitrogens with zero attached hydrogens (tertiary/aromatic N) is 4. The standard InChI is InChI=1S/C40H38N4/c1-27-22-29(3)39(30(4)23-27)44(40-31(5)24-28(2)25-32(40)6)35-18-16-34(17-19-35)43(38-26-41-20-21-42-38)37-15-11-10-14-36(37)33-12-8-7-9-13-33/h7-26H,1-6H3. The summed E-state index contributed by atoms with van der Waals surface area (Å²) in [6, 6.07) is 36.9. The van der Waals surface area contributed by atoms with Crippen molar-refractivity contribution in [1.82, 2.24) is 9.97 Å². The summed E-state index contributed by atoms with van der Waals surface area (Å²) in [5.74, 6) is 0.760. The van der Waals surface area contributed by atoms with Crippen molar-refractivity contribution in [3.8, 4) is 11.1 Å². The Morgan fingerprint density at radius 3 is 1.52 bits per heavy atom. The Balaban J connectivity index is 1.53. The molecule has 4 nitrogen and oxygen atoms in total. The van der Waals surface area contributed by atoms with Gasteiger partial charge in [-0.2, -0.15) is 0 Å². The molecule has 0 unspecified atom stereocenters. The fourth-order valence-corrected chi connectivity index (χ4v) is 6.50. The second-order valence-corrected chi connectivity index (χ2v) is 11.6. The summed E-state index contributed by atoms with van der Waals surface area (Å²) in [5, 5.41) is 0. The van der Waals surface area contributed by atoms with E-state index < -0.39 is 0 Å². The van der Waals surface area contributed by atoms with Gasteiger partial charge < -0.3 is 4.90 Å². The number of benzene rings is 5. The van der Waals surface area contributed by atoms with Crippen LogP contribution in [0.15, 0.2) is 122 Å². The summed E-state index contributed by atoms with van der Waals surface area (Å²) in [6.07, 6.45) is 5.28. The van der Waals surface area contributed by atoms with Crippen LogP contribution in [0, 0.1) is 41.5 Å². The lowest BCUT2D eigenvalue weighted by Crippen LogP contribution is -2.16. The van der Waals surface area contributed by atoms with Crippen molar-refractivity contribution in [2.75, 3.05) is 9.80 Å². The minimum atomic E-state index is 0.760. The first-order valence-corrected chi connectivity index (χ1v) is 15.1. The van der Waals surface area contributed by atoms with Crippen LogP contribution >= 0.6 is 0 Å². The van der Waals surface area contributed by atoms with Crippen LogP contribution in [0.25, 0.3) is 11.1 Å². The molecule has 0 N–H and O–H groups in total. The van der Waals surface area contributed by atoms with Crippen molar-refractivity contribution in [2.45, 2.75) is 41.5 Å². The van der Waals surface area contributed by atoms with Gasteiger partial charge in [-0.05, 0) is 99.7 Å². The molecule has 0 aliphatic carbocycles. The number of rotatable bonds is 7. The van der Waals surface area contributed by atoms with Crippen LogP contribution in [0.4, 0.5) is 34.3 Å². The summed E-state index contributed by atoms with van der Waals surface area (Å²) in [5.41, 5.74) is 15.4. The highest BCUT2D eigenvalue weighted by Crippen LogP contribution is 2.44. The Labute approximate surface area is 261 Å². The summed E-state index contributed by atoms with van der Waals surface area (Å²) in [7, 11) is 0. The van der Waals surface area contributed by atoms with Crippen molar-refractivity contribution < 1.29 is 0 Å². The number of aromatic nitrogens is 2. The van der Waals surface area contributed by atoms with Crippen molar-refractivity contribution in [3.05, 3.63) is 155 Å². The fourth-order valence-electron chi connectivity index (χ4n) is 6.50. The molecule has 0 spiro atoms. The highest BCUT2D eigenvalue weighted by Gasteiger charge is 2.23. The molecule has 1 aromatic heterocycles. The van der Waals surface area contributed by atoms with Crippen LogP contribution in [0.2, 0.25) is 0 Å². The maximum absolute atomic E-state index is 4.74. The van der Waals surface area contributed by atoms with E-state index in [1.165, 1.54) is 44.8 Å². The third kappa shape index (κ3) is 5.59. The molecule has 6 rings (SSSR count). The predicted molar refractivity (Wildman–Crippen MR) is 185 cm³/mol. The van der Waals surface area contributed by atoms with Crippen LogP contribution in [0.3, 0.4) is 0 Å². The molecule has 6 aromatic rings. The molecule has 218 valence electrons. The van der Waals surface area contributed by atoms with Crippen molar-refractivity contribution >= 4 is 34.3 Å². The van der Waals surface area contributed by atoms with Gasteiger partial charge in [-0.15, -0.1) is 0 Å². The molecule has 4 heteroatoms. The van der Waals surface area contributed by atoms with Crippen LogP contribution in [0.5, 0.6) is 0 Å². The fraction of sp³-hybridized carbons (Fsp3) is 0.150. The van der Waals surface area contributed by atoms with Gasteiger partial charge in [0.1, 0.15) is 0 Å². The van der Waals surface area contributed by atoms with Crippen LogP contribution in [-0.4, -0.2) is 9.97 Å².